The lowest BCUT2D eigenvalue weighted by Gasteiger charge is -2.32. The fraction of sp³-hybridized carbons (Fsp3) is 0.714. The van der Waals surface area contributed by atoms with Crippen molar-refractivity contribution in [1.82, 2.24) is 14.9 Å². The lowest BCUT2D eigenvalue weighted by molar-refractivity contribution is 0.327. The maximum atomic E-state index is 4.52. The van der Waals surface area contributed by atoms with Crippen molar-refractivity contribution >= 4 is 27.6 Å². The highest BCUT2D eigenvalue weighted by Gasteiger charge is 2.25. The zero-order valence-electron chi connectivity index (χ0n) is 12.6. The molecule has 1 unspecified atom stereocenters. The van der Waals surface area contributed by atoms with E-state index in [0.717, 1.165) is 48.7 Å². The van der Waals surface area contributed by atoms with E-state index in [4.69, 9.17) is 0 Å². The summed E-state index contributed by atoms with van der Waals surface area (Å²) in [6.07, 6.45) is 3.94. The van der Waals surface area contributed by atoms with Crippen LogP contribution in [0.3, 0.4) is 0 Å². The summed E-state index contributed by atoms with van der Waals surface area (Å²) in [5.74, 6) is 1.89. The molecule has 0 bridgehead atoms. The number of anilines is 2. The van der Waals surface area contributed by atoms with Gasteiger partial charge >= 0.3 is 0 Å². The first-order valence-electron chi connectivity index (χ1n) is 7.36. The van der Waals surface area contributed by atoms with Crippen molar-refractivity contribution in [3.63, 3.8) is 0 Å². The van der Waals surface area contributed by atoms with E-state index in [2.05, 4.69) is 61.9 Å². The maximum Gasteiger partial charge on any atom is 0.148 e. The fourth-order valence-corrected chi connectivity index (χ4v) is 3.30. The predicted octanol–water partition coefficient (Wildman–Crippen LogP) is 2.59. The molecular formula is C14H24BrN5. The quantitative estimate of drug-likeness (QED) is 0.911. The molecule has 1 aliphatic heterocycles. The number of likely N-dealkylation sites (N-methyl/N-ethyl adjacent to an activating group) is 1. The van der Waals surface area contributed by atoms with Gasteiger partial charge in [0.2, 0.25) is 0 Å². The first kappa shape index (κ1) is 15.5. The highest BCUT2D eigenvalue weighted by molar-refractivity contribution is 9.10. The predicted molar refractivity (Wildman–Crippen MR) is 87.4 cm³/mol. The van der Waals surface area contributed by atoms with Crippen molar-refractivity contribution in [1.29, 1.82) is 0 Å². The number of hydrogen-bond donors (Lipinski definition) is 1. The van der Waals surface area contributed by atoms with Crippen LogP contribution in [0.2, 0.25) is 0 Å². The second kappa shape index (κ2) is 7.22. The van der Waals surface area contributed by atoms with Crippen LogP contribution in [0, 0.1) is 0 Å². The Kier molecular flexibility index (Phi) is 5.60. The molecule has 0 spiro atoms. The van der Waals surface area contributed by atoms with E-state index in [1.807, 2.05) is 0 Å². The summed E-state index contributed by atoms with van der Waals surface area (Å²) in [7, 11) is 2.20. The Hall–Kier alpha value is -0.880. The van der Waals surface area contributed by atoms with Gasteiger partial charge in [-0.3, -0.25) is 0 Å². The third-order valence-electron chi connectivity index (χ3n) is 3.76. The van der Waals surface area contributed by atoms with Gasteiger partial charge in [-0.15, -0.1) is 0 Å². The largest absolute Gasteiger partial charge is 0.369 e. The minimum Gasteiger partial charge on any atom is -0.369 e. The summed E-state index contributed by atoms with van der Waals surface area (Å²) < 4.78 is 0.977. The third-order valence-corrected chi connectivity index (χ3v) is 4.49. The standard InChI is InChI=1S/C14H24BrN5/c1-4-11-9-19(3)7-6-8-20(11)14-12(15)13(16-5-2)17-10-18-14/h10-11H,4-9H2,1-3H3,(H,16,17,18). The van der Waals surface area contributed by atoms with Crippen LogP contribution in [0.1, 0.15) is 26.7 Å². The van der Waals surface area contributed by atoms with Gasteiger partial charge in [0.15, 0.2) is 0 Å². The molecule has 0 aliphatic carbocycles. The molecule has 2 heterocycles. The summed E-state index contributed by atoms with van der Waals surface area (Å²) in [5.41, 5.74) is 0. The number of nitrogens with one attached hydrogen (secondary N) is 1. The summed E-state index contributed by atoms with van der Waals surface area (Å²) in [6.45, 7) is 8.46. The van der Waals surface area contributed by atoms with Crippen molar-refractivity contribution in [2.24, 2.45) is 0 Å². The fourth-order valence-electron chi connectivity index (χ4n) is 2.72. The Morgan fingerprint density at radius 1 is 1.35 bits per heavy atom. The molecular weight excluding hydrogens is 318 g/mol. The Labute approximate surface area is 129 Å². The lowest BCUT2D eigenvalue weighted by atomic mass is 10.2. The first-order chi connectivity index (χ1) is 9.67. The number of aromatic nitrogens is 2. The summed E-state index contributed by atoms with van der Waals surface area (Å²) in [6, 6.07) is 0.503. The lowest BCUT2D eigenvalue weighted by Crippen LogP contribution is -2.40. The van der Waals surface area contributed by atoms with Crippen molar-refractivity contribution in [3.8, 4) is 0 Å². The molecule has 0 saturated carbocycles. The van der Waals surface area contributed by atoms with Crippen LogP contribution in [-0.4, -0.2) is 54.1 Å². The maximum absolute atomic E-state index is 4.52. The number of rotatable bonds is 4. The smallest absolute Gasteiger partial charge is 0.148 e. The van der Waals surface area contributed by atoms with Crippen LogP contribution in [0.25, 0.3) is 0 Å². The van der Waals surface area contributed by atoms with Gasteiger partial charge in [0.1, 0.15) is 22.4 Å². The molecule has 20 heavy (non-hydrogen) atoms. The summed E-state index contributed by atoms with van der Waals surface area (Å²) in [4.78, 5) is 13.7. The highest BCUT2D eigenvalue weighted by atomic mass is 79.9. The minimum atomic E-state index is 0.503. The molecule has 0 amide bonds. The van der Waals surface area contributed by atoms with Gasteiger partial charge in [-0.2, -0.15) is 0 Å². The minimum absolute atomic E-state index is 0.503. The molecule has 1 N–H and O–H groups in total. The van der Waals surface area contributed by atoms with Crippen LogP contribution in [0.5, 0.6) is 0 Å². The zero-order valence-corrected chi connectivity index (χ0v) is 14.2. The van der Waals surface area contributed by atoms with Crippen molar-refractivity contribution in [2.75, 3.05) is 43.4 Å². The van der Waals surface area contributed by atoms with Crippen LogP contribution < -0.4 is 10.2 Å². The van der Waals surface area contributed by atoms with E-state index in [1.165, 1.54) is 6.42 Å². The average molecular weight is 342 g/mol. The van der Waals surface area contributed by atoms with Crippen LogP contribution in [0.4, 0.5) is 11.6 Å². The molecule has 1 aromatic rings. The number of halogens is 1. The van der Waals surface area contributed by atoms with Crippen LogP contribution in [0.15, 0.2) is 10.8 Å². The molecule has 1 aromatic heterocycles. The molecule has 0 aromatic carbocycles. The first-order valence-corrected chi connectivity index (χ1v) is 8.16. The van der Waals surface area contributed by atoms with Crippen molar-refractivity contribution in [2.45, 2.75) is 32.7 Å². The van der Waals surface area contributed by atoms with Crippen LogP contribution in [-0.2, 0) is 0 Å². The molecule has 1 saturated heterocycles. The Balaban J connectivity index is 2.30. The van der Waals surface area contributed by atoms with E-state index in [1.54, 1.807) is 6.33 Å². The molecule has 6 heteroatoms. The normalized spacial score (nSPS) is 20.8. The van der Waals surface area contributed by atoms with Gasteiger partial charge in [-0.1, -0.05) is 6.92 Å². The number of hydrogen-bond acceptors (Lipinski definition) is 5. The summed E-state index contributed by atoms with van der Waals surface area (Å²) >= 11 is 3.67. The van der Waals surface area contributed by atoms with E-state index < -0.39 is 0 Å². The zero-order chi connectivity index (χ0) is 14.5. The van der Waals surface area contributed by atoms with Crippen LogP contribution >= 0.6 is 15.9 Å². The number of nitrogens with zero attached hydrogens (tertiary/aromatic N) is 4. The van der Waals surface area contributed by atoms with E-state index >= 15 is 0 Å². The van der Waals surface area contributed by atoms with Crippen molar-refractivity contribution < 1.29 is 0 Å². The Morgan fingerprint density at radius 3 is 2.85 bits per heavy atom. The monoisotopic (exact) mass is 341 g/mol. The van der Waals surface area contributed by atoms with Gasteiger partial charge < -0.3 is 15.1 Å². The van der Waals surface area contributed by atoms with Gasteiger partial charge in [0, 0.05) is 25.7 Å². The van der Waals surface area contributed by atoms with Gasteiger partial charge in [-0.05, 0) is 49.3 Å². The third kappa shape index (κ3) is 3.41. The van der Waals surface area contributed by atoms with Gasteiger partial charge in [-0.25, -0.2) is 9.97 Å². The molecule has 1 fully saturated rings. The molecule has 5 nitrogen and oxygen atoms in total. The average Bonchev–Trinajstić information content (AvgIpc) is 2.63. The SMILES string of the molecule is CCNc1ncnc(N2CCCN(C)CC2CC)c1Br. The van der Waals surface area contributed by atoms with E-state index in [-0.39, 0.29) is 0 Å². The summed E-state index contributed by atoms with van der Waals surface area (Å²) in [5, 5.41) is 3.28. The van der Waals surface area contributed by atoms with E-state index in [9.17, 15) is 0 Å². The highest BCUT2D eigenvalue weighted by Crippen LogP contribution is 2.32. The van der Waals surface area contributed by atoms with Gasteiger partial charge in [0.05, 0.1) is 0 Å². The second-order valence-corrected chi connectivity index (χ2v) is 6.05. The molecule has 112 valence electrons. The molecule has 1 aliphatic rings. The van der Waals surface area contributed by atoms with Crippen molar-refractivity contribution in [3.05, 3.63) is 10.8 Å². The Bertz CT molecular complexity index is 440. The molecule has 1 atom stereocenters. The molecule has 0 radical (unpaired) electrons. The van der Waals surface area contributed by atoms with Gasteiger partial charge in [0.25, 0.3) is 0 Å². The topological polar surface area (TPSA) is 44.3 Å². The second-order valence-electron chi connectivity index (χ2n) is 5.26. The molecule has 2 rings (SSSR count). The Morgan fingerprint density at radius 2 is 2.15 bits per heavy atom. The van der Waals surface area contributed by atoms with E-state index in [0.29, 0.717) is 6.04 Å².